The summed E-state index contributed by atoms with van der Waals surface area (Å²) in [7, 11) is 1.39. The van der Waals surface area contributed by atoms with E-state index in [1.54, 1.807) is 12.1 Å². The summed E-state index contributed by atoms with van der Waals surface area (Å²) in [6.45, 7) is 2.90. The minimum atomic E-state index is -0.304. The molecule has 0 heterocycles. The summed E-state index contributed by atoms with van der Waals surface area (Å²) in [6.07, 6.45) is 0. The van der Waals surface area contributed by atoms with Crippen molar-refractivity contribution >= 4 is 5.97 Å². The predicted octanol–water partition coefficient (Wildman–Crippen LogP) is 3.32. The molecule has 0 aliphatic heterocycles. The van der Waals surface area contributed by atoms with Gasteiger partial charge in [0.2, 0.25) is 0 Å². The molecule has 0 aliphatic carbocycles. The quantitative estimate of drug-likeness (QED) is 0.846. The molecule has 0 saturated carbocycles. The Bertz CT molecular complexity index is 549. The van der Waals surface area contributed by atoms with Crippen LogP contribution in [0.3, 0.4) is 0 Å². The first-order valence-electron chi connectivity index (χ1n) is 6.66. The maximum absolute atomic E-state index is 11.3. The molecule has 0 aliphatic rings. The Hall–Kier alpha value is -2.13. The second kappa shape index (κ2) is 6.87. The van der Waals surface area contributed by atoms with Crippen molar-refractivity contribution < 1.29 is 9.53 Å². The van der Waals surface area contributed by atoms with E-state index >= 15 is 0 Å². The normalized spacial score (nSPS) is 11.9. The lowest BCUT2D eigenvalue weighted by Gasteiger charge is -2.14. The van der Waals surface area contributed by atoms with Crippen LogP contribution in [0.1, 0.15) is 34.5 Å². The molecule has 0 bridgehead atoms. The SMILES string of the molecule is COC(=O)c1ccc(CN[C@@H](C)c2ccccc2)cc1. The van der Waals surface area contributed by atoms with Gasteiger partial charge >= 0.3 is 5.97 Å². The second-order valence-corrected chi connectivity index (χ2v) is 4.70. The van der Waals surface area contributed by atoms with Crippen LogP contribution in [0.4, 0.5) is 0 Å². The highest BCUT2D eigenvalue weighted by atomic mass is 16.5. The highest BCUT2D eigenvalue weighted by Gasteiger charge is 2.06. The third-order valence-electron chi connectivity index (χ3n) is 3.29. The number of carbonyl (C=O) groups excluding carboxylic acids is 1. The fourth-order valence-electron chi connectivity index (χ4n) is 2.01. The summed E-state index contributed by atoms with van der Waals surface area (Å²) in [6, 6.07) is 18.1. The second-order valence-electron chi connectivity index (χ2n) is 4.70. The summed E-state index contributed by atoms with van der Waals surface area (Å²) in [5.74, 6) is -0.304. The summed E-state index contributed by atoms with van der Waals surface area (Å²) in [5.41, 5.74) is 2.98. The molecule has 0 aromatic heterocycles. The van der Waals surface area contributed by atoms with E-state index in [2.05, 4.69) is 29.1 Å². The molecule has 0 fully saturated rings. The van der Waals surface area contributed by atoms with E-state index in [1.165, 1.54) is 12.7 Å². The fraction of sp³-hybridized carbons (Fsp3) is 0.235. The lowest BCUT2D eigenvalue weighted by Crippen LogP contribution is -2.18. The molecular weight excluding hydrogens is 250 g/mol. The summed E-state index contributed by atoms with van der Waals surface area (Å²) in [4.78, 5) is 11.3. The van der Waals surface area contributed by atoms with E-state index in [0.29, 0.717) is 5.56 Å². The molecule has 0 saturated heterocycles. The maximum atomic E-state index is 11.3. The van der Waals surface area contributed by atoms with Gasteiger partial charge < -0.3 is 10.1 Å². The maximum Gasteiger partial charge on any atom is 0.337 e. The van der Waals surface area contributed by atoms with Crippen molar-refractivity contribution in [3.05, 3.63) is 71.3 Å². The van der Waals surface area contributed by atoms with Gasteiger partial charge in [-0.3, -0.25) is 0 Å². The molecule has 0 spiro atoms. The van der Waals surface area contributed by atoms with Gasteiger partial charge in [-0.25, -0.2) is 4.79 Å². The number of carbonyl (C=O) groups is 1. The van der Waals surface area contributed by atoms with Crippen LogP contribution in [-0.4, -0.2) is 13.1 Å². The Kier molecular flexibility index (Phi) is 4.91. The van der Waals surface area contributed by atoms with Crippen LogP contribution < -0.4 is 5.32 Å². The molecule has 0 amide bonds. The third-order valence-corrected chi connectivity index (χ3v) is 3.29. The Morgan fingerprint density at radius 2 is 1.75 bits per heavy atom. The van der Waals surface area contributed by atoms with Crippen molar-refractivity contribution in [1.82, 2.24) is 5.32 Å². The van der Waals surface area contributed by atoms with Crippen molar-refractivity contribution in [3.8, 4) is 0 Å². The van der Waals surface area contributed by atoms with Gasteiger partial charge in [0, 0.05) is 12.6 Å². The van der Waals surface area contributed by atoms with Crippen LogP contribution in [0.15, 0.2) is 54.6 Å². The topological polar surface area (TPSA) is 38.3 Å². The number of ether oxygens (including phenoxy) is 1. The molecule has 0 unspecified atom stereocenters. The van der Waals surface area contributed by atoms with Crippen molar-refractivity contribution in [2.45, 2.75) is 19.5 Å². The van der Waals surface area contributed by atoms with Crippen molar-refractivity contribution in [2.24, 2.45) is 0 Å². The molecule has 2 rings (SSSR count). The van der Waals surface area contributed by atoms with Crippen molar-refractivity contribution in [2.75, 3.05) is 7.11 Å². The van der Waals surface area contributed by atoms with E-state index in [-0.39, 0.29) is 12.0 Å². The Morgan fingerprint density at radius 3 is 2.35 bits per heavy atom. The Balaban J connectivity index is 1.93. The van der Waals surface area contributed by atoms with Crippen LogP contribution in [0.2, 0.25) is 0 Å². The largest absolute Gasteiger partial charge is 0.465 e. The Labute approximate surface area is 119 Å². The zero-order valence-corrected chi connectivity index (χ0v) is 11.8. The molecule has 0 radical (unpaired) electrons. The highest BCUT2D eigenvalue weighted by Crippen LogP contribution is 2.12. The van der Waals surface area contributed by atoms with Crippen LogP contribution in [-0.2, 0) is 11.3 Å². The molecule has 20 heavy (non-hydrogen) atoms. The summed E-state index contributed by atoms with van der Waals surface area (Å²) < 4.78 is 4.68. The number of hydrogen-bond acceptors (Lipinski definition) is 3. The van der Waals surface area contributed by atoms with Gasteiger partial charge in [0.05, 0.1) is 12.7 Å². The zero-order chi connectivity index (χ0) is 14.4. The summed E-state index contributed by atoms with van der Waals surface area (Å²) in [5, 5.41) is 3.46. The minimum absolute atomic E-state index is 0.288. The van der Waals surface area contributed by atoms with E-state index in [4.69, 9.17) is 0 Å². The molecule has 1 N–H and O–H groups in total. The lowest BCUT2D eigenvalue weighted by atomic mass is 10.1. The number of esters is 1. The van der Waals surface area contributed by atoms with Gasteiger partial charge in [-0.2, -0.15) is 0 Å². The molecule has 3 heteroatoms. The average molecular weight is 269 g/mol. The molecule has 3 nitrogen and oxygen atoms in total. The van der Waals surface area contributed by atoms with E-state index in [0.717, 1.165) is 12.1 Å². The molecular formula is C17H19NO2. The van der Waals surface area contributed by atoms with Gasteiger partial charge in [-0.05, 0) is 30.2 Å². The van der Waals surface area contributed by atoms with E-state index in [9.17, 15) is 4.79 Å². The number of nitrogens with one attached hydrogen (secondary N) is 1. The van der Waals surface area contributed by atoms with Crippen LogP contribution in [0, 0.1) is 0 Å². The Morgan fingerprint density at radius 1 is 1.10 bits per heavy atom. The summed E-state index contributed by atoms with van der Waals surface area (Å²) >= 11 is 0. The minimum Gasteiger partial charge on any atom is -0.465 e. The van der Waals surface area contributed by atoms with E-state index in [1.807, 2.05) is 30.3 Å². The van der Waals surface area contributed by atoms with Gasteiger partial charge in [-0.15, -0.1) is 0 Å². The average Bonchev–Trinajstić information content (AvgIpc) is 2.53. The van der Waals surface area contributed by atoms with Gasteiger partial charge in [0.25, 0.3) is 0 Å². The first-order chi connectivity index (χ1) is 9.70. The number of rotatable bonds is 5. The zero-order valence-electron chi connectivity index (χ0n) is 11.8. The highest BCUT2D eigenvalue weighted by molar-refractivity contribution is 5.89. The lowest BCUT2D eigenvalue weighted by molar-refractivity contribution is 0.0600. The van der Waals surface area contributed by atoms with Gasteiger partial charge in [-0.1, -0.05) is 42.5 Å². The number of benzene rings is 2. The standard InChI is InChI=1S/C17H19NO2/c1-13(15-6-4-3-5-7-15)18-12-14-8-10-16(11-9-14)17(19)20-2/h3-11,13,18H,12H2,1-2H3/t13-/m0/s1. The fourth-order valence-corrected chi connectivity index (χ4v) is 2.01. The van der Waals surface area contributed by atoms with Gasteiger partial charge in [0.15, 0.2) is 0 Å². The number of hydrogen-bond donors (Lipinski definition) is 1. The first kappa shape index (κ1) is 14.3. The molecule has 2 aromatic carbocycles. The van der Waals surface area contributed by atoms with E-state index < -0.39 is 0 Å². The monoisotopic (exact) mass is 269 g/mol. The molecule has 2 aromatic rings. The first-order valence-corrected chi connectivity index (χ1v) is 6.66. The van der Waals surface area contributed by atoms with Crippen LogP contribution in [0.25, 0.3) is 0 Å². The van der Waals surface area contributed by atoms with Crippen LogP contribution >= 0.6 is 0 Å². The third kappa shape index (κ3) is 3.68. The smallest absolute Gasteiger partial charge is 0.337 e. The van der Waals surface area contributed by atoms with Crippen LogP contribution in [0.5, 0.6) is 0 Å². The van der Waals surface area contributed by atoms with Gasteiger partial charge in [0.1, 0.15) is 0 Å². The van der Waals surface area contributed by atoms with Crippen molar-refractivity contribution in [3.63, 3.8) is 0 Å². The number of methoxy groups -OCH3 is 1. The van der Waals surface area contributed by atoms with Crippen molar-refractivity contribution in [1.29, 1.82) is 0 Å². The molecule has 104 valence electrons. The predicted molar refractivity (Wildman–Crippen MR) is 79.5 cm³/mol. The molecule has 1 atom stereocenters.